The van der Waals surface area contributed by atoms with E-state index in [9.17, 15) is 13.2 Å². The minimum absolute atomic E-state index is 0.147. The maximum absolute atomic E-state index is 12.9. The number of aryl methyl sites for hydroxylation is 1. The molecule has 0 amide bonds. The lowest BCUT2D eigenvalue weighted by Gasteiger charge is -2.27. The van der Waals surface area contributed by atoms with Crippen molar-refractivity contribution < 1.29 is 17.9 Å². The zero-order valence-corrected chi connectivity index (χ0v) is 20.3. The van der Waals surface area contributed by atoms with E-state index in [0.29, 0.717) is 43.6 Å². The van der Waals surface area contributed by atoms with E-state index in [1.54, 1.807) is 24.3 Å². The Morgan fingerprint density at radius 3 is 2.45 bits per heavy atom. The van der Waals surface area contributed by atoms with Gasteiger partial charge in [-0.25, -0.2) is 9.97 Å². The molecule has 0 aliphatic carbocycles. The van der Waals surface area contributed by atoms with Crippen molar-refractivity contribution in [1.29, 1.82) is 0 Å². The molecule has 1 aliphatic heterocycles. The zero-order chi connectivity index (χ0) is 26.3. The average molecular weight is 521 g/mol. The minimum Gasteiger partial charge on any atom is -0.378 e. The second-order valence-corrected chi connectivity index (χ2v) is 8.93. The standard InChI is InChI=1S/C26H23F3N8O/c1-36-21-12-17(2-3-18(21)14-31-36)20-13-23(35-25(33-20)37-8-10-38-11-9-37)32-19-6-4-16(5-7-19)24-30-15-22(34-24)26(27,28)29/h2-7,12-15H,8-11H2,1H3,(H,30,34)(H,32,33,35). The molecule has 3 aromatic heterocycles. The molecular formula is C26H23F3N8O. The van der Waals surface area contributed by atoms with Gasteiger partial charge in [-0.2, -0.15) is 23.3 Å². The number of anilines is 3. The van der Waals surface area contributed by atoms with E-state index >= 15 is 0 Å². The number of nitrogens with zero attached hydrogens (tertiary/aromatic N) is 6. The molecular weight excluding hydrogens is 497 g/mol. The number of morpholine rings is 1. The Bertz CT molecular complexity index is 1590. The molecule has 0 atom stereocenters. The molecule has 6 rings (SSSR count). The molecule has 2 aromatic carbocycles. The maximum atomic E-state index is 12.9. The normalized spacial score (nSPS) is 14.3. The second-order valence-electron chi connectivity index (χ2n) is 8.93. The molecule has 0 bridgehead atoms. The quantitative estimate of drug-likeness (QED) is 0.336. The summed E-state index contributed by atoms with van der Waals surface area (Å²) in [6.07, 6.45) is -1.86. The molecule has 1 saturated heterocycles. The van der Waals surface area contributed by atoms with Crippen molar-refractivity contribution in [3.63, 3.8) is 0 Å². The number of halogens is 3. The largest absolute Gasteiger partial charge is 0.432 e. The minimum atomic E-state index is -4.48. The number of nitrogens with one attached hydrogen (secondary N) is 2. The van der Waals surface area contributed by atoms with Gasteiger partial charge in [0.15, 0.2) is 0 Å². The van der Waals surface area contributed by atoms with Crippen LogP contribution in [-0.4, -0.2) is 56.0 Å². The fourth-order valence-corrected chi connectivity index (χ4v) is 4.33. The topological polar surface area (TPSA) is 96.8 Å². The van der Waals surface area contributed by atoms with Gasteiger partial charge in [-0.05, 0) is 30.3 Å². The van der Waals surface area contributed by atoms with Crippen LogP contribution < -0.4 is 10.2 Å². The predicted molar refractivity (Wildman–Crippen MR) is 137 cm³/mol. The van der Waals surface area contributed by atoms with E-state index in [1.165, 1.54) is 0 Å². The first-order chi connectivity index (χ1) is 18.3. The van der Waals surface area contributed by atoms with Crippen LogP contribution in [-0.2, 0) is 18.0 Å². The van der Waals surface area contributed by atoms with E-state index in [-0.39, 0.29) is 5.82 Å². The lowest BCUT2D eigenvalue weighted by atomic mass is 10.1. The van der Waals surface area contributed by atoms with Crippen molar-refractivity contribution >= 4 is 28.4 Å². The van der Waals surface area contributed by atoms with Crippen LogP contribution in [0.25, 0.3) is 33.5 Å². The van der Waals surface area contributed by atoms with Crippen LogP contribution in [0.2, 0.25) is 0 Å². The van der Waals surface area contributed by atoms with Crippen molar-refractivity contribution in [3.05, 3.63) is 66.6 Å². The number of aromatic nitrogens is 6. The van der Waals surface area contributed by atoms with Gasteiger partial charge in [-0.3, -0.25) is 4.68 Å². The summed E-state index contributed by atoms with van der Waals surface area (Å²) in [5.74, 6) is 1.32. The molecule has 38 heavy (non-hydrogen) atoms. The predicted octanol–water partition coefficient (Wildman–Crippen LogP) is 5.02. The molecule has 4 heterocycles. The second kappa shape index (κ2) is 9.45. The summed E-state index contributed by atoms with van der Waals surface area (Å²) >= 11 is 0. The highest BCUT2D eigenvalue weighted by molar-refractivity contribution is 5.84. The lowest BCUT2D eigenvalue weighted by Crippen LogP contribution is -2.37. The van der Waals surface area contributed by atoms with Gasteiger partial charge in [0.2, 0.25) is 5.95 Å². The average Bonchev–Trinajstić information content (AvgIpc) is 3.57. The Labute approximate surface area is 215 Å². The monoisotopic (exact) mass is 520 g/mol. The molecule has 1 aliphatic rings. The van der Waals surface area contributed by atoms with E-state index in [1.807, 2.05) is 42.2 Å². The van der Waals surface area contributed by atoms with Crippen LogP contribution in [0.1, 0.15) is 5.69 Å². The third-order valence-corrected chi connectivity index (χ3v) is 6.37. The van der Waals surface area contributed by atoms with E-state index < -0.39 is 11.9 Å². The summed E-state index contributed by atoms with van der Waals surface area (Å²) < 4.78 is 46.1. The SMILES string of the molecule is Cn1ncc2ccc(-c3cc(Nc4ccc(-c5ncc(C(F)(F)F)[nH]5)cc4)nc(N4CCOCC4)n3)cc21. The van der Waals surface area contributed by atoms with Gasteiger partial charge in [0.1, 0.15) is 17.3 Å². The number of hydrogen-bond donors (Lipinski definition) is 2. The fraction of sp³-hybridized carbons (Fsp3) is 0.231. The summed E-state index contributed by atoms with van der Waals surface area (Å²) in [6.45, 7) is 2.56. The first-order valence-corrected chi connectivity index (χ1v) is 12.0. The van der Waals surface area contributed by atoms with Gasteiger partial charge < -0.3 is 19.9 Å². The number of rotatable bonds is 5. The Hall–Kier alpha value is -4.45. The number of imidazole rings is 1. The molecule has 1 fully saturated rings. The molecule has 194 valence electrons. The Morgan fingerprint density at radius 2 is 1.71 bits per heavy atom. The highest BCUT2D eigenvalue weighted by atomic mass is 19.4. The van der Waals surface area contributed by atoms with Gasteiger partial charge in [-0.15, -0.1) is 0 Å². The number of aromatic amines is 1. The van der Waals surface area contributed by atoms with Gasteiger partial charge in [0.05, 0.1) is 36.8 Å². The van der Waals surface area contributed by atoms with Crippen LogP contribution >= 0.6 is 0 Å². The Kier molecular flexibility index (Phi) is 5.95. The molecule has 0 spiro atoms. The lowest BCUT2D eigenvalue weighted by molar-refractivity contribution is -0.140. The van der Waals surface area contributed by atoms with E-state index in [2.05, 4.69) is 25.3 Å². The number of benzene rings is 2. The third kappa shape index (κ3) is 4.77. The van der Waals surface area contributed by atoms with Crippen LogP contribution in [0, 0.1) is 0 Å². The molecule has 12 heteroatoms. The van der Waals surface area contributed by atoms with Crippen molar-refractivity contribution in [3.8, 4) is 22.6 Å². The molecule has 0 radical (unpaired) electrons. The number of fused-ring (bicyclic) bond motifs is 1. The summed E-state index contributed by atoms with van der Waals surface area (Å²) in [7, 11) is 1.90. The van der Waals surface area contributed by atoms with Crippen LogP contribution in [0.5, 0.6) is 0 Å². The first kappa shape index (κ1) is 23.9. The molecule has 2 N–H and O–H groups in total. The summed E-state index contributed by atoms with van der Waals surface area (Å²) in [4.78, 5) is 17.9. The number of alkyl halides is 3. The van der Waals surface area contributed by atoms with Crippen molar-refractivity contribution in [2.45, 2.75) is 6.18 Å². The van der Waals surface area contributed by atoms with Crippen molar-refractivity contribution in [2.24, 2.45) is 7.05 Å². The molecule has 5 aromatic rings. The van der Waals surface area contributed by atoms with Crippen LogP contribution in [0.4, 0.5) is 30.6 Å². The smallest absolute Gasteiger partial charge is 0.378 e. The molecule has 9 nitrogen and oxygen atoms in total. The highest BCUT2D eigenvalue weighted by Gasteiger charge is 2.33. The molecule has 0 unspecified atom stereocenters. The first-order valence-electron chi connectivity index (χ1n) is 12.0. The van der Waals surface area contributed by atoms with Crippen LogP contribution in [0.15, 0.2) is 60.9 Å². The highest BCUT2D eigenvalue weighted by Crippen LogP contribution is 2.31. The van der Waals surface area contributed by atoms with Crippen LogP contribution in [0.3, 0.4) is 0 Å². The Balaban J connectivity index is 1.31. The summed E-state index contributed by atoms with van der Waals surface area (Å²) in [6, 6.07) is 14.9. The summed E-state index contributed by atoms with van der Waals surface area (Å²) in [5.41, 5.74) is 3.03. The van der Waals surface area contributed by atoms with E-state index in [4.69, 9.17) is 14.7 Å². The Morgan fingerprint density at radius 1 is 0.947 bits per heavy atom. The fourth-order valence-electron chi connectivity index (χ4n) is 4.33. The molecule has 0 saturated carbocycles. The maximum Gasteiger partial charge on any atom is 0.432 e. The van der Waals surface area contributed by atoms with Gasteiger partial charge in [0, 0.05) is 48.4 Å². The number of ether oxygens (including phenoxy) is 1. The van der Waals surface area contributed by atoms with Crippen molar-refractivity contribution in [2.75, 3.05) is 36.5 Å². The van der Waals surface area contributed by atoms with Gasteiger partial charge in [0.25, 0.3) is 0 Å². The number of hydrogen-bond acceptors (Lipinski definition) is 7. The van der Waals surface area contributed by atoms with Crippen molar-refractivity contribution in [1.82, 2.24) is 29.7 Å². The van der Waals surface area contributed by atoms with Gasteiger partial charge in [-0.1, -0.05) is 12.1 Å². The number of H-pyrrole nitrogens is 1. The summed E-state index contributed by atoms with van der Waals surface area (Å²) in [5, 5.41) is 8.67. The zero-order valence-electron chi connectivity index (χ0n) is 20.3. The van der Waals surface area contributed by atoms with E-state index in [0.717, 1.165) is 34.0 Å². The van der Waals surface area contributed by atoms with Gasteiger partial charge >= 0.3 is 6.18 Å². The third-order valence-electron chi connectivity index (χ3n) is 6.37.